The average molecular weight is 269 g/mol. The Labute approximate surface area is 112 Å². The minimum atomic E-state index is 0.0197. The molecule has 18 heavy (non-hydrogen) atoms. The van der Waals surface area contributed by atoms with Gasteiger partial charge in [0, 0.05) is 25.2 Å². The summed E-state index contributed by atoms with van der Waals surface area (Å²) in [4.78, 5) is 18.2. The van der Waals surface area contributed by atoms with Crippen molar-refractivity contribution in [1.82, 2.24) is 9.88 Å². The zero-order valence-electron chi connectivity index (χ0n) is 10.4. The Kier molecular flexibility index (Phi) is 4.42. The van der Waals surface area contributed by atoms with Gasteiger partial charge in [0.2, 0.25) is 0 Å². The van der Waals surface area contributed by atoms with Crippen molar-refractivity contribution >= 4 is 17.5 Å². The molecule has 2 rings (SSSR count). The molecule has 0 saturated carbocycles. The van der Waals surface area contributed by atoms with Crippen LogP contribution in [0, 0.1) is 5.92 Å². The number of nitrogens with zero attached hydrogens (tertiary/aromatic N) is 2. The summed E-state index contributed by atoms with van der Waals surface area (Å²) >= 11 is 5.74. The molecule has 0 radical (unpaired) electrons. The summed E-state index contributed by atoms with van der Waals surface area (Å²) < 4.78 is 5.17. The third-order valence-corrected chi connectivity index (χ3v) is 3.54. The van der Waals surface area contributed by atoms with Crippen molar-refractivity contribution in [3.8, 4) is 5.75 Å². The Hall–Kier alpha value is -1.29. The molecule has 1 fully saturated rings. The van der Waals surface area contributed by atoms with E-state index in [1.165, 1.54) is 0 Å². The van der Waals surface area contributed by atoms with Gasteiger partial charge in [0.05, 0.1) is 18.9 Å². The number of carbonyl (C=O) groups is 1. The van der Waals surface area contributed by atoms with Crippen molar-refractivity contribution in [3.05, 3.63) is 24.0 Å². The molecule has 98 valence electrons. The maximum atomic E-state index is 12.4. The van der Waals surface area contributed by atoms with Crippen LogP contribution in [0.1, 0.15) is 23.2 Å². The molecule has 1 aromatic heterocycles. The molecule has 1 atom stereocenters. The second-order valence-electron chi connectivity index (χ2n) is 4.46. The summed E-state index contributed by atoms with van der Waals surface area (Å²) in [6.07, 6.45) is 5.19. The third kappa shape index (κ3) is 2.75. The molecule has 1 saturated heterocycles. The minimum absolute atomic E-state index is 0.0197. The number of carbonyl (C=O) groups excluding carboxylic acids is 1. The van der Waals surface area contributed by atoms with E-state index in [4.69, 9.17) is 16.3 Å². The van der Waals surface area contributed by atoms with Gasteiger partial charge in [-0.15, -0.1) is 11.6 Å². The van der Waals surface area contributed by atoms with Crippen LogP contribution in [0.25, 0.3) is 0 Å². The van der Waals surface area contributed by atoms with E-state index < -0.39 is 0 Å². The summed E-state index contributed by atoms with van der Waals surface area (Å²) in [6.45, 7) is 1.59. The maximum absolute atomic E-state index is 12.4. The van der Waals surface area contributed by atoms with Crippen LogP contribution in [0.2, 0.25) is 0 Å². The Morgan fingerprint density at radius 2 is 2.50 bits per heavy atom. The monoisotopic (exact) mass is 268 g/mol. The number of likely N-dealkylation sites (tertiary alicyclic amines) is 1. The molecule has 1 amide bonds. The van der Waals surface area contributed by atoms with E-state index in [9.17, 15) is 4.79 Å². The first-order valence-electron chi connectivity index (χ1n) is 6.09. The highest BCUT2D eigenvalue weighted by molar-refractivity contribution is 6.17. The Morgan fingerprint density at radius 1 is 1.67 bits per heavy atom. The van der Waals surface area contributed by atoms with Gasteiger partial charge in [0.1, 0.15) is 5.75 Å². The van der Waals surface area contributed by atoms with Crippen molar-refractivity contribution in [1.29, 1.82) is 0 Å². The van der Waals surface area contributed by atoms with Crippen LogP contribution >= 0.6 is 11.6 Å². The molecule has 1 aliphatic heterocycles. The number of hydrogen-bond acceptors (Lipinski definition) is 3. The van der Waals surface area contributed by atoms with Crippen molar-refractivity contribution in [2.45, 2.75) is 12.8 Å². The Balaban J connectivity index is 2.08. The van der Waals surface area contributed by atoms with Crippen molar-refractivity contribution in [3.63, 3.8) is 0 Å². The SMILES string of the molecule is COc1cnccc1C(=O)N1CCC(CCCl)C1. The summed E-state index contributed by atoms with van der Waals surface area (Å²) in [5, 5.41) is 0. The van der Waals surface area contributed by atoms with E-state index in [1.54, 1.807) is 25.6 Å². The second-order valence-corrected chi connectivity index (χ2v) is 4.84. The smallest absolute Gasteiger partial charge is 0.257 e. The van der Waals surface area contributed by atoms with Crippen LogP contribution in [0.15, 0.2) is 18.5 Å². The fourth-order valence-corrected chi connectivity index (χ4v) is 2.61. The van der Waals surface area contributed by atoms with Crippen LogP contribution in [0.3, 0.4) is 0 Å². The number of pyridine rings is 1. The number of ether oxygens (including phenoxy) is 1. The quantitative estimate of drug-likeness (QED) is 0.786. The van der Waals surface area contributed by atoms with Crippen molar-refractivity contribution < 1.29 is 9.53 Å². The number of rotatable bonds is 4. The fraction of sp³-hybridized carbons (Fsp3) is 0.538. The predicted octanol–water partition coefficient (Wildman–Crippen LogP) is 2.18. The number of aromatic nitrogens is 1. The number of alkyl halides is 1. The zero-order valence-corrected chi connectivity index (χ0v) is 11.2. The topological polar surface area (TPSA) is 42.4 Å². The summed E-state index contributed by atoms with van der Waals surface area (Å²) in [7, 11) is 1.55. The molecule has 0 bridgehead atoms. The molecule has 4 nitrogen and oxygen atoms in total. The highest BCUT2D eigenvalue weighted by Crippen LogP contribution is 2.24. The number of methoxy groups -OCH3 is 1. The van der Waals surface area contributed by atoms with E-state index in [2.05, 4.69) is 4.98 Å². The summed E-state index contributed by atoms with van der Waals surface area (Å²) in [6, 6.07) is 1.70. The minimum Gasteiger partial charge on any atom is -0.494 e. The largest absolute Gasteiger partial charge is 0.494 e. The molecule has 1 aliphatic rings. The number of amides is 1. The van der Waals surface area contributed by atoms with E-state index in [0.717, 1.165) is 25.9 Å². The van der Waals surface area contributed by atoms with E-state index in [-0.39, 0.29) is 5.91 Å². The second kappa shape index (κ2) is 6.05. The van der Waals surface area contributed by atoms with Crippen LogP contribution in [0.5, 0.6) is 5.75 Å². The standard InChI is InChI=1S/C13H17ClN2O2/c1-18-12-8-15-6-3-11(12)13(17)16-7-4-10(9-16)2-5-14/h3,6,8,10H,2,4-5,7,9H2,1H3. The lowest BCUT2D eigenvalue weighted by Gasteiger charge is -2.17. The van der Waals surface area contributed by atoms with Gasteiger partial charge >= 0.3 is 0 Å². The maximum Gasteiger partial charge on any atom is 0.257 e. The van der Waals surface area contributed by atoms with Gasteiger partial charge in [-0.2, -0.15) is 0 Å². The summed E-state index contributed by atoms with van der Waals surface area (Å²) in [5.41, 5.74) is 0.582. The molecule has 0 spiro atoms. The molecule has 0 aliphatic carbocycles. The van der Waals surface area contributed by atoms with Crippen LogP contribution in [0.4, 0.5) is 0 Å². The Morgan fingerprint density at radius 3 is 3.22 bits per heavy atom. The lowest BCUT2D eigenvalue weighted by molar-refractivity contribution is 0.0783. The molecule has 1 unspecified atom stereocenters. The van der Waals surface area contributed by atoms with Gasteiger partial charge in [-0.1, -0.05) is 0 Å². The third-order valence-electron chi connectivity index (χ3n) is 3.33. The number of halogens is 1. The first-order valence-corrected chi connectivity index (χ1v) is 6.63. The lowest BCUT2D eigenvalue weighted by Crippen LogP contribution is -2.29. The highest BCUT2D eigenvalue weighted by atomic mass is 35.5. The van der Waals surface area contributed by atoms with Crippen LogP contribution < -0.4 is 4.74 Å². The van der Waals surface area contributed by atoms with E-state index in [1.807, 2.05) is 4.90 Å². The molecular weight excluding hydrogens is 252 g/mol. The van der Waals surface area contributed by atoms with Gasteiger partial charge < -0.3 is 9.64 Å². The predicted molar refractivity (Wildman–Crippen MR) is 70.1 cm³/mol. The molecule has 5 heteroatoms. The molecule has 0 aromatic carbocycles. The van der Waals surface area contributed by atoms with E-state index in [0.29, 0.717) is 23.1 Å². The average Bonchev–Trinajstić information content (AvgIpc) is 2.87. The molecule has 0 N–H and O–H groups in total. The van der Waals surface area contributed by atoms with Gasteiger partial charge in [0.25, 0.3) is 5.91 Å². The first kappa shape index (κ1) is 13.1. The lowest BCUT2D eigenvalue weighted by atomic mass is 10.1. The molecular formula is C13H17ClN2O2. The van der Waals surface area contributed by atoms with Gasteiger partial charge in [-0.05, 0) is 24.8 Å². The normalized spacial score (nSPS) is 19.0. The first-order chi connectivity index (χ1) is 8.76. The molecule has 1 aromatic rings. The summed E-state index contributed by atoms with van der Waals surface area (Å²) in [5.74, 6) is 1.74. The fourth-order valence-electron chi connectivity index (χ4n) is 2.30. The van der Waals surface area contributed by atoms with Gasteiger partial charge in [0.15, 0.2) is 0 Å². The Bertz CT molecular complexity index is 425. The van der Waals surface area contributed by atoms with Crippen LogP contribution in [-0.2, 0) is 0 Å². The van der Waals surface area contributed by atoms with Crippen LogP contribution in [-0.4, -0.2) is 41.9 Å². The zero-order chi connectivity index (χ0) is 13.0. The van der Waals surface area contributed by atoms with Gasteiger partial charge in [-0.25, -0.2) is 0 Å². The highest BCUT2D eigenvalue weighted by Gasteiger charge is 2.27. The van der Waals surface area contributed by atoms with Gasteiger partial charge in [-0.3, -0.25) is 9.78 Å². The molecule has 2 heterocycles. The number of hydrogen-bond donors (Lipinski definition) is 0. The van der Waals surface area contributed by atoms with Crippen molar-refractivity contribution in [2.75, 3.05) is 26.1 Å². The van der Waals surface area contributed by atoms with Crippen molar-refractivity contribution in [2.24, 2.45) is 5.92 Å². The van der Waals surface area contributed by atoms with E-state index >= 15 is 0 Å².